The Balaban J connectivity index is 4.89. The molecule has 0 aromatic rings. The van der Waals surface area contributed by atoms with Crippen LogP contribution in [-0.4, -0.2) is 46.5 Å². The lowest BCUT2D eigenvalue weighted by atomic mass is 10.0. The van der Waals surface area contributed by atoms with Gasteiger partial charge in [-0.3, -0.25) is 9.59 Å². The van der Waals surface area contributed by atoms with E-state index in [-0.39, 0.29) is 12.0 Å². The predicted octanol–water partition coefficient (Wildman–Crippen LogP) is 0.391. The van der Waals surface area contributed by atoms with Crippen LogP contribution in [0.2, 0.25) is 0 Å². The molecule has 3 amide bonds. The van der Waals surface area contributed by atoms with Crippen LogP contribution >= 0.6 is 0 Å². The van der Waals surface area contributed by atoms with Crippen molar-refractivity contribution in [2.75, 3.05) is 6.54 Å². The van der Waals surface area contributed by atoms with E-state index >= 15 is 0 Å². The molecular formula is C12H23N3O4. The minimum atomic E-state index is -1.10. The average molecular weight is 273 g/mol. The largest absolute Gasteiger partial charge is 0.480 e. The van der Waals surface area contributed by atoms with Crippen molar-refractivity contribution in [3.05, 3.63) is 0 Å². The second-order valence-corrected chi connectivity index (χ2v) is 4.85. The molecule has 0 aliphatic rings. The molecule has 0 aliphatic heterocycles. The average Bonchev–Trinajstić information content (AvgIpc) is 2.30. The van der Waals surface area contributed by atoms with Gasteiger partial charge in [-0.1, -0.05) is 20.8 Å². The molecule has 0 heterocycles. The van der Waals surface area contributed by atoms with Crippen molar-refractivity contribution in [1.29, 1.82) is 0 Å². The summed E-state index contributed by atoms with van der Waals surface area (Å²) in [5.41, 5.74) is 5.21. The molecule has 2 unspecified atom stereocenters. The summed E-state index contributed by atoms with van der Waals surface area (Å²) in [7, 11) is 0. The van der Waals surface area contributed by atoms with Crippen LogP contribution in [-0.2, 0) is 9.59 Å². The van der Waals surface area contributed by atoms with E-state index in [9.17, 15) is 14.4 Å². The number of carboxylic acid groups (broad SMARTS) is 1. The Bertz CT molecular complexity index is 344. The summed E-state index contributed by atoms with van der Waals surface area (Å²) in [5, 5.41) is 11.3. The van der Waals surface area contributed by atoms with E-state index in [2.05, 4.69) is 5.32 Å². The third-order valence-electron chi connectivity index (χ3n) is 2.94. The molecule has 0 fully saturated rings. The zero-order valence-electron chi connectivity index (χ0n) is 11.8. The van der Waals surface area contributed by atoms with E-state index in [1.165, 1.54) is 4.90 Å². The van der Waals surface area contributed by atoms with E-state index in [1.807, 2.05) is 6.92 Å². The van der Waals surface area contributed by atoms with Crippen molar-refractivity contribution >= 4 is 17.9 Å². The Morgan fingerprint density at radius 3 is 2.11 bits per heavy atom. The van der Waals surface area contributed by atoms with Gasteiger partial charge in [0.2, 0.25) is 5.91 Å². The van der Waals surface area contributed by atoms with E-state index in [0.717, 1.165) is 0 Å². The van der Waals surface area contributed by atoms with Gasteiger partial charge in [0.15, 0.2) is 0 Å². The van der Waals surface area contributed by atoms with Gasteiger partial charge in [-0.15, -0.1) is 0 Å². The molecule has 0 aliphatic carbocycles. The number of nitrogens with one attached hydrogen (secondary N) is 1. The first-order chi connectivity index (χ1) is 8.70. The maximum absolute atomic E-state index is 12.0. The molecule has 19 heavy (non-hydrogen) atoms. The molecule has 0 aromatic heterocycles. The quantitative estimate of drug-likeness (QED) is 0.622. The summed E-state index contributed by atoms with van der Waals surface area (Å²) < 4.78 is 0. The van der Waals surface area contributed by atoms with Crippen LogP contribution in [0.15, 0.2) is 0 Å². The topological polar surface area (TPSA) is 113 Å². The van der Waals surface area contributed by atoms with Gasteiger partial charge in [0.05, 0.1) is 0 Å². The van der Waals surface area contributed by atoms with Gasteiger partial charge in [-0.2, -0.15) is 0 Å². The first-order valence-corrected chi connectivity index (χ1v) is 6.28. The van der Waals surface area contributed by atoms with Crippen molar-refractivity contribution in [2.45, 2.75) is 46.2 Å². The third kappa shape index (κ3) is 5.58. The smallest absolute Gasteiger partial charge is 0.323 e. The van der Waals surface area contributed by atoms with Gasteiger partial charge in [0.1, 0.15) is 12.6 Å². The zero-order valence-corrected chi connectivity index (χ0v) is 11.8. The minimum absolute atomic E-state index is 0.162. The van der Waals surface area contributed by atoms with Crippen LogP contribution in [0.3, 0.4) is 0 Å². The fourth-order valence-electron chi connectivity index (χ4n) is 1.58. The van der Waals surface area contributed by atoms with Crippen molar-refractivity contribution in [3.63, 3.8) is 0 Å². The fraction of sp³-hybridized carbons (Fsp3) is 0.750. The minimum Gasteiger partial charge on any atom is -0.480 e. The molecule has 7 nitrogen and oxygen atoms in total. The van der Waals surface area contributed by atoms with Gasteiger partial charge in [-0.25, -0.2) is 4.79 Å². The number of carbonyl (C=O) groups is 3. The number of aliphatic carboxylic acids is 1. The first-order valence-electron chi connectivity index (χ1n) is 6.28. The fourth-order valence-corrected chi connectivity index (χ4v) is 1.58. The highest BCUT2D eigenvalue weighted by atomic mass is 16.4. The number of primary amides is 1. The number of carbonyl (C=O) groups excluding carboxylic acids is 2. The first kappa shape index (κ1) is 17.2. The molecule has 0 spiro atoms. The van der Waals surface area contributed by atoms with Crippen molar-refractivity contribution in [1.82, 2.24) is 10.2 Å². The Morgan fingerprint density at radius 1 is 1.26 bits per heavy atom. The number of hydrogen-bond donors (Lipinski definition) is 3. The molecule has 7 heteroatoms. The van der Waals surface area contributed by atoms with E-state index in [1.54, 1.807) is 20.8 Å². The SMILES string of the molecule is CCC(C)N(CC(=O)O)C(=O)NC(C(N)=O)C(C)C. The van der Waals surface area contributed by atoms with Gasteiger partial charge < -0.3 is 21.1 Å². The summed E-state index contributed by atoms with van der Waals surface area (Å²) in [5.74, 6) is -1.90. The standard InChI is InChI=1S/C12H23N3O4/c1-5-8(4)15(6-9(16)17)12(19)14-10(7(2)3)11(13)18/h7-8,10H,5-6H2,1-4H3,(H2,13,18)(H,14,19)(H,16,17). The lowest BCUT2D eigenvalue weighted by Gasteiger charge is -2.29. The highest BCUT2D eigenvalue weighted by molar-refractivity contribution is 5.87. The van der Waals surface area contributed by atoms with Crippen molar-refractivity contribution in [3.8, 4) is 0 Å². The van der Waals surface area contributed by atoms with Gasteiger partial charge in [0.25, 0.3) is 0 Å². The molecule has 0 saturated heterocycles. The monoisotopic (exact) mass is 273 g/mol. The maximum atomic E-state index is 12.0. The van der Waals surface area contributed by atoms with E-state index < -0.39 is 30.5 Å². The summed E-state index contributed by atoms with van der Waals surface area (Å²) in [4.78, 5) is 35.2. The van der Waals surface area contributed by atoms with Crippen LogP contribution < -0.4 is 11.1 Å². The number of carboxylic acids is 1. The normalized spacial score (nSPS) is 13.7. The lowest BCUT2D eigenvalue weighted by Crippen LogP contribution is -2.55. The molecule has 0 radical (unpaired) electrons. The predicted molar refractivity (Wildman–Crippen MR) is 70.4 cm³/mol. The number of nitrogens with two attached hydrogens (primary N) is 1. The molecule has 0 aromatic carbocycles. The van der Waals surface area contributed by atoms with Gasteiger partial charge in [-0.05, 0) is 19.3 Å². The Kier molecular flexibility index (Phi) is 6.89. The van der Waals surface area contributed by atoms with E-state index in [0.29, 0.717) is 6.42 Å². The van der Waals surface area contributed by atoms with Crippen LogP contribution in [0.4, 0.5) is 4.79 Å². The number of amides is 3. The van der Waals surface area contributed by atoms with E-state index in [4.69, 9.17) is 10.8 Å². The number of hydrogen-bond acceptors (Lipinski definition) is 3. The third-order valence-corrected chi connectivity index (χ3v) is 2.94. The van der Waals surface area contributed by atoms with Crippen LogP contribution in [0.5, 0.6) is 0 Å². The zero-order chi connectivity index (χ0) is 15.2. The maximum Gasteiger partial charge on any atom is 0.323 e. The molecular weight excluding hydrogens is 250 g/mol. The number of nitrogens with zero attached hydrogens (tertiary/aromatic N) is 1. The second kappa shape index (κ2) is 7.60. The summed E-state index contributed by atoms with van der Waals surface area (Å²) >= 11 is 0. The summed E-state index contributed by atoms with van der Waals surface area (Å²) in [6, 6.07) is -1.64. The van der Waals surface area contributed by atoms with Gasteiger partial charge in [0, 0.05) is 6.04 Å². The number of rotatable bonds is 7. The van der Waals surface area contributed by atoms with Crippen LogP contribution in [0, 0.1) is 5.92 Å². The highest BCUT2D eigenvalue weighted by Crippen LogP contribution is 2.07. The Labute approximate surface area is 113 Å². The molecule has 110 valence electrons. The second-order valence-electron chi connectivity index (χ2n) is 4.85. The van der Waals surface area contributed by atoms with Crippen molar-refractivity contribution in [2.24, 2.45) is 11.7 Å². The van der Waals surface area contributed by atoms with Crippen LogP contribution in [0.1, 0.15) is 34.1 Å². The van der Waals surface area contributed by atoms with Crippen molar-refractivity contribution < 1.29 is 19.5 Å². The highest BCUT2D eigenvalue weighted by Gasteiger charge is 2.27. The molecule has 4 N–H and O–H groups in total. The number of urea groups is 1. The lowest BCUT2D eigenvalue weighted by molar-refractivity contribution is -0.138. The Hall–Kier alpha value is -1.79. The molecule has 0 bridgehead atoms. The molecule has 0 rings (SSSR count). The Morgan fingerprint density at radius 2 is 1.79 bits per heavy atom. The summed E-state index contributed by atoms with van der Waals surface area (Å²) in [6.07, 6.45) is 0.615. The summed E-state index contributed by atoms with van der Waals surface area (Å²) in [6.45, 7) is 6.68. The molecule has 2 atom stereocenters. The van der Waals surface area contributed by atoms with Crippen LogP contribution in [0.25, 0.3) is 0 Å². The molecule has 0 saturated carbocycles. The van der Waals surface area contributed by atoms with Gasteiger partial charge >= 0.3 is 12.0 Å².